The van der Waals surface area contributed by atoms with E-state index in [-0.39, 0.29) is 22.5 Å². The fraction of sp³-hybridized carbons (Fsp3) is 0.320. The van der Waals surface area contributed by atoms with Gasteiger partial charge < -0.3 is 10.0 Å². The molecule has 1 aliphatic heterocycles. The molecule has 1 atom stereocenters. The van der Waals surface area contributed by atoms with Crippen molar-refractivity contribution in [3.8, 4) is 11.3 Å². The summed E-state index contributed by atoms with van der Waals surface area (Å²) in [5, 5.41) is 9.43. The van der Waals surface area contributed by atoms with Gasteiger partial charge in [0.1, 0.15) is 5.82 Å². The van der Waals surface area contributed by atoms with Crippen molar-refractivity contribution in [3.63, 3.8) is 0 Å². The van der Waals surface area contributed by atoms with Crippen LogP contribution in [-0.4, -0.2) is 37.8 Å². The highest BCUT2D eigenvalue weighted by molar-refractivity contribution is 7.23. The van der Waals surface area contributed by atoms with Crippen molar-refractivity contribution in [2.75, 3.05) is 6.54 Å². The third-order valence-electron chi connectivity index (χ3n) is 6.22. The van der Waals surface area contributed by atoms with Gasteiger partial charge >= 0.3 is 5.97 Å². The lowest BCUT2D eigenvalue weighted by molar-refractivity contribution is -0.140. The summed E-state index contributed by atoms with van der Waals surface area (Å²) in [5.74, 6) is -1.41. The third-order valence-corrected chi connectivity index (χ3v) is 7.55. The number of rotatable bonds is 3. The molecule has 1 amide bonds. The summed E-state index contributed by atoms with van der Waals surface area (Å²) >= 11 is 7.46. The van der Waals surface area contributed by atoms with Crippen molar-refractivity contribution in [1.29, 1.82) is 0 Å². The number of hydrogen-bond donors (Lipinski definition) is 1. The van der Waals surface area contributed by atoms with Crippen LogP contribution in [0.2, 0.25) is 5.02 Å². The molecule has 1 saturated heterocycles. The van der Waals surface area contributed by atoms with Crippen molar-refractivity contribution in [2.45, 2.75) is 39.7 Å². The number of carbonyl (C=O) groups excluding carboxylic acids is 1. The molecule has 1 aliphatic rings. The average molecular weight is 500 g/mol. The summed E-state index contributed by atoms with van der Waals surface area (Å²) in [7, 11) is 0. The van der Waals surface area contributed by atoms with Crippen LogP contribution in [0.25, 0.3) is 26.4 Å². The van der Waals surface area contributed by atoms with Crippen LogP contribution in [0.4, 0.5) is 4.39 Å². The Morgan fingerprint density at radius 1 is 1.24 bits per heavy atom. The summed E-state index contributed by atoms with van der Waals surface area (Å²) in [5.41, 5.74) is 1.90. The van der Waals surface area contributed by atoms with E-state index in [1.807, 2.05) is 31.7 Å². The number of likely N-dealkylation sites (tertiary alicyclic amines) is 1. The molecule has 2 aromatic carbocycles. The van der Waals surface area contributed by atoms with Gasteiger partial charge in [-0.1, -0.05) is 49.8 Å². The largest absolute Gasteiger partial charge is 0.478 e. The van der Waals surface area contributed by atoms with Crippen LogP contribution in [0.3, 0.4) is 0 Å². The molecule has 3 heterocycles. The third kappa shape index (κ3) is 3.75. The highest BCUT2D eigenvalue weighted by Crippen LogP contribution is 2.38. The smallest absolute Gasteiger partial charge is 0.337 e. The summed E-state index contributed by atoms with van der Waals surface area (Å²) in [6, 6.07) is 8.09. The number of nitrogens with zero attached hydrogens (tertiary/aromatic N) is 3. The van der Waals surface area contributed by atoms with E-state index in [1.54, 1.807) is 22.7 Å². The van der Waals surface area contributed by atoms with Gasteiger partial charge in [-0.3, -0.25) is 9.20 Å². The number of amides is 1. The molecule has 1 unspecified atom stereocenters. The predicted octanol–water partition coefficient (Wildman–Crippen LogP) is 6.42. The van der Waals surface area contributed by atoms with E-state index in [0.717, 1.165) is 23.1 Å². The number of aromatic carboxylic acids is 1. The van der Waals surface area contributed by atoms with Crippen molar-refractivity contribution in [2.24, 2.45) is 5.41 Å². The fourth-order valence-electron chi connectivity index (χ4n) is 4.55. The molecule has 0 radical (unpaired) electrons. The molecule has 176 valence electrons. The highest BCUT2D eigenvalue weighted by Gasteiger charge is 2.36. The quantitative estimate of drug-likeness (QED) is 0.353. The van der Waals surface area contributed by atoms with E-state index in [9.17, 15) is 14.7 Å². The van der Waals surface area contributed by atoms with Crippen LogP contribution in [0.5, 0.6) is 0 Å². The molecule has 2 aromatic heterocycles. The minimum absolute atomic E-state index is 0.0337. The second-order valence-electron chi connectivity index (χ2n) is 9.63. The second kappa shape index (κ2) is 8.06. The standard InChI is InChI=1S/C25H23ClFN3O3S/c1-25(2,3)23(33)29-8-4-5-19(29)13-6-7-14(17(27)9-13)18-12-30-20-11-16(26)15(22(31)32)10-21(20)34-24(30)28-18/h6-7,9-12,19H,4-5,8H2,1-3H3,(H,31,32). The Hall–Kier alpha value is -2.97. The normalized spacial score (nSPS) is 16.6. The summed E-state index contributed by atoms with van der Waals surface area (Å²) in [6.45, 7) is 6.38. The number of carboxylic acids is 1. The molecule has 1 N–H and O–H groups in total. The van der Waals surface area contributed by atoms with Crippen molar-refractivity contribution in [3.05, 3.63) is 58.5 Å². The lowest BCUT2D eigenvalue weighted by Gasteiger charge is -2.31. The zero-order chi connectivity index (χ0) is 24.4. The van der Waals surface area contributed by atoms with Crippen LogP contribution < -0.4 is 0 Å². The molecule has 4 aromatic rings. The molecule has 0 spiro atoms. The first-order valence-electron chi connectivity index (χ1n) is 11.0. The second-order valence-corrected chi connectivity index (χ2v) is 11.0. The molecule has 6 nitrogen and oxygen atoms in total. The number of benzene rings is 2. The molecule has 0 bridgehead atoms. The van der Waals surface area contributed by atoms with E-state index in [2.05, 4.69) is 4.98 Å². The molecular formula is C25H23ClFN3O3S. The molecule has 1 fully saturated rings. The Morgan fingerprint density at radius 3 is 2.68 bits per heavy atom. The van der Waals surface area contributed by atoms with E-state index in [0.29, 0.717) is 28.3 Å². The first kappa shape index (κ1) is 22.8. The van der Waals surface area contributed by atoms with Crippen LogP contribution in [0, 0.1) is 11.2 Å². The first-order chi connectivity index (χ1) is 16.0. The van der Waals surface area contributed by atoms with Gasteiger partial charge in [0.15, 0.2) is 4.96 Å². The van der Waals surface area contributed by atoms with Gasteiger partial charge in [0.25, 0.3) is 0 Å². The molecular weight excluding hydrogens is 477 g/mol. The summed E-state index contributed by atoms with van der Waals surface area (Å²) < 4.78 is 17.8. The molecule has 34 heavy (non-hydrogen) atoms. The van der Waals surface area contributed by atoms with Crippen molar-refractivity contribution in [1.82, 2.24) is 14.3 Å². The van der Waals surface area contributed by atoms with Crippen LogP contribution in [0.1, 0.15) is 55.6 Å². The van der Waals surface area contributed by atoms with Gasteiger partial charge in [-0.05, 0) is 42.7 Å². The lowest BCUT2D eigenvalue weighted by Crippen LogP contribution is -2.39. The number of carbonyl (C=O) groups is 2. The average Bonchev–Trinajstić information content (AvgIpc) is 3.46. The van der Waals surface area contributed by atoms with E-state index < -0.39 is 17.2 Å². The minimum Gasteiger partial charge on any atom is -0.478 e. The molecule has 5 rings (SSSR count). The predicted molar refractivity (Wildman–Crippen MR) is 131 cm³/mol. The van der Waals surface area contributed by atoms with Gasteiger partial charge in [-0.15, -0.1) is 0 Å². The van der Waals surface area contributed by atoms with Gasteiger partial charge in [-0.2, -0.15) is 0 Å². The van der Waals surface area contributed by atoms with E-state index >= 15 is 4.39 Å². The van der Waals surface area contributed by atoms with E-state index in [1.165, 1.54) is 23.5 Å². The number of halogens is 2. The van der Waals surface area contributed by atoms with Crippen LogP contribution in [0.15, 0.2) is 36.5 Å². The highest BCUT2D eigenvalue weighted by atomic mass is 35.5. The zero-order valence-electron chi connectivity index (χ0n) is 18.9. The van der Waals surface area contributed by atoms with Gasteiger partial charge in [0, 0.05) is 23.7 Å². The van der Waals surface area contributed by atoms with Crippen LogP contribution in [-0.2, 0) is 4.79 Å². The number of thiazole rings is 1. The maximum absolute atomic E-state index is 15.3. The van der Waals surface area contributed by atoms with Crippen molar-refractivity contribution >= 4 is 50.0 Å². The number of fused-ring (bicyclic) bond motifs is 3. The minimum atomic E-state index is -1.09. The Balaban J connectivity index is 1.50. The van der Waals surface area contributed by atoms with Gasteiger partial charge in [-0.25, -0.2) is 14.2 Å². The Morgan fingerprint density at radius 2 is 2.00 bits per heavy atom. The number of carboxylic acid groups (broad SMARTS) is 1. The molecule has 0 saturated carbocycles. The molecule has 9 heteroatoms. The lowest BCUT2D eigenvalue weighted by atomic mass is 9.93. The number of aromatic nitrogens is 2. The van der Waals surface area contributed by atoms with Gasteiger partial charge in [0.05, 0.1) is 32.5 Å². The zero-order valence-corrected chi connectivity index (χ0v) is 20.5. The SMILES string of the molecule is CC(C)(C)C(=O)N1CCCC1c1ccc(-c2cn3c(n2)sc2cc(C(=O)O)c(Cl)cc23)c(F)c1. The summed E-state index contributed by atoms with van der Waals surface area (Å²) in [4.78, 5) is 31.3. The van der Waals surface area contributed by atoms with Crippen molar-refractivity contribution < 1.29 is 19.1 Å². The Labute approximate surface area is 204 Å². The molecule has 0 aliphatic carbocycles. The summed E-state index contributed by atoms with van der Waals surface area (Å²) in [6.07, 6.45) is 3.44. The topological polar surface area (TPSA) is 74.9 Å². The van der Waals surface area contributed by atoms with Gasteiger partial charge in [0.2, 0.25) is 5.91 Å². The number of hydrogen-bond acceptors (Lipinski definition) is 4. The van der Waals surface area contributed by atoms with E-state index in [4.69, 9.17) is 11.6 Å². The first-order valence-corrected chi connectivity index (χ1v) is 12.2. The Kier molecular flexibility index (Phi) is 5.41. The van der Waals surface area contributed by atoms with Crippen LogP contribution >= 0.6 is 22.9 Å². The maximum atomic E-state index is 15.3. The maximum Gasteiger partial charge on any atom is 0.337 e. The Bertz CT molecular complexity index is 1470. The monoisotopic (exact) mass is 499 g/mol. The number of imidazole rings is 1. The fourth-order valence-corrected chi connectivity index (χ4v) is 5.81.